The maximum Gasteiger partial charge on any atom is 0.264 e. The quantitative estimate of drug-likeness (QED) is 0.760. The number of benzene rings is 2. The van der Waals surface area contributed by atoms with E-state index in [1.165, 1.54) is 0 Å². The SMILES string of the molecule is O=C(CCNC(=O)C1CC(c2ccccc2)=NO1)Nc1ccc(Br)cc1. The number of nitrogens with one attached hydrogen (secondary N) is 2. The number of amides is 2. The molecule has 0 saturated carbocycles. The van der Waals surface area contributed by atoms with Crippen LogP contribution in [0.25, 0.3) is 0 Å². The van der Waals surface area contributed by atoms with Gasteiger partial charge in [-0.2, -0.15) is 0 Å². The third-order valence-electron chi connectivity index (χ3n) is 3.85. The molecule has 1 atom stereocenters. The number of anilines is 1. The van der Waals surface area contributed by atoms with Gasteiger partial charge in [-0.3, -0.25) is 9.59 Å². The van der Waals surface area contributed by atoms with Crippen molar-refractivity contribution in [2.45, 2.75) is 18.9 Å². The summed E-state index contributed by atoms with van der Waals surface area (Å²) in [5, 5.41) is 9.48. The van der Waals surface area contributed by atoms with Crippen LogP contribution < -0.4 is 10.6 Å². The van der Waals surface area contributed by atoms with E-state index in [4.69, 9.17) is 4.84 Å². The summed E-state index contributed by atoms with van der Waals surface area (Å²) in [6.07, 6.45) is -0.0540. The Kier molecular flexibility index (Phi) is 6.01. The minimum Gasteiger partial charge on any atom is -0.382 e. The number of nitrogens with zero attached hydrogens (tertiary/aromatic N) is 1. The van der Waals surface area contributed by atoms with Crippen molar-refractivity contribution < 1.29 is 14.4 Å². The van der Waals surface area contributed by atoms with Gasteiger partial charge in [-0.25, -0.2) is 0 Å². The van der Waals surface area contributed by atoms with Gasteiger partial charge in [-0.1, -0.05) is 51.4 Å². The van der Waals surface area contributed by atoms with Gasteiger partial charge < -0.3 is 15.5 Å². The first-order valence-corrected chi connectivity index (χ1v) is 9.02. The highest BCUT2D eigenvalue weighted by atomic mass is 79.9. The highest BCUT2D eigenvalue weighted by Crippen LogP contribution is 2.17. The highest BCUT2D eigenvalue weighted by Gasteiger charge is 2.28. The average Bonchev–Trinajstić information content (AvgIpc) is 3.15. The zero-order valence-electron chi connectivity index (χ0n) is 13.9. The largest absolute Gasteiger partial charge is 0.382 e. The summed E-state index contributed by atoms with van der Waals surface area (Å²) in [5.74, 6) is -0.433. The molecule has 0 spiro atoms. The molecule has 2 aromatic rings. The van der Waals surface area contributed by atoms with E-state index in [1.54, 1.807) is 12.1 Å². The molecular weight excluding hydrogens is 398 g/mol. The van der Waals surface area contributed by atoms with Crippen LogP contribution in [0.4, 0.5) is 5.69 Å². The smallest absolute Gasteiger partial charge is 0.264 e. The van der Waals surface area contributed by atoms with Crippen LogP contribution in [0.5, 0.6) is 0 Å². The maximum atomic E-state index is 12.2. The molecule has 2 N–H and O–H groups in total. The number of hydrogen-bond donors (Lipinski definition) is 2. The van der Waals surface area contributed by atoms with Crippen LogP contribution in [0.2, 0.25) is 0 Å². The normalized spacial score (nSPS) is 15.7. The molecule has 2 aromatic carbocycles. The molecule has 0 aromatic heterocycles. The Morgan fingerprint density at radius 1 is 1.12 bits per heavy atom. The number of hydrogen-bond acceptors (Lipinski definition) is 4. The Labute approximate surface area is 159 Å². The lowest BCUT2D eigenvalue weighted by molar-refractivity contribution is -0.131. The standard InChI is InChI=1S/C19H18BrN3O3/c20-14-6-8-15(9-7-14)22-18(24)10-11-21-19(25)17-12-16(23-26-17)13-4-2-1-3-5-13/h1-9,17H,10-12H2,(H,21,25)(H,22,24). The third-order valence-corrected chi connectivity index (χ3v) is 4.38. The van der Waals surface area contributed by atoms with Crippen LogP contribution in [0.3, 0.4) is 0 Å². The van der Waals surface area contributed by atoms with E-state index in [1.807, 2.05) is 42.5 Å². The van der Waals surface area contributed by atoms with Crippen molar-refractivity contribution in [1.29, 1.82) is 0 Å². The number of rotatable bonds is 6. The lowest BCUT2D eigenvalue weighted by Gasteiger charge is -2.10. The molecule has 6 nitrogen and oxygen atoms in total. The summed E-state index contributed by atoms with van der Waals surface area (Å²) in [4.78, 5) is 29.3. The minimum absolute atomic E-state index is 0.166. The lowest BCUT2D eigenvalue weighted by Crippen LogP contribution is -2.36. The van der Waals surface area contributed by atoms with Gasteiger partial charge in [-0.05, 0) is 29.8 Å². The fourth-order valence-corrected chi connectivity index (χ4v) is 2.75. The van der Waals surface area contributed by atoms with Gasteiger partial charge in [0.1, 0.15) is 0 Å². The van der Waals surface area contributed by atoms with E-state index in [0.717, 1.165) is 15.7 Å². The summed E-state index contributed by atoms with van der Waals surface area (Å²) >= 11 is 3.34. The maximum absolute atomic E-state index is 12.2. The second-order valence-electron chi connectivity index (χ2n) is 5.80. The van der Waals surface area contributed by atoms with Crippen LogP contribution in [0.1, 0.15) is 18.4 Å². The van der Waals surface area contributed by atoms with Crippen LogP contribution >= 0.6 is 15.9 Å². The minimum atomic E-state index is -0.653. The van der Waals surface area contributed by atoms with Crippen molar-refractivity contribution in [2.24, 2.45) is 5.16 Å². The van der Waals surface area contributed by atoms with Gasteiger partial charge >= 0.3 is 0 Å². The molecule has 3 rings (SSSR count). The Morgan fingerprint density at radius 2 is 1.85 bits per heavy atom. The summed E-state index contributed by atoms with van der Waals surface area (Å²) in [7, 11) is 0. The number of oxime groups is 1. The molecular formula is C19H18BrN3O3. The van der Waals surface area contributed by atoms with E-state index in [-0.39, 0.29) is 24.8 Å². The summed E-state index contributed by atoms with van der Waals surface area (Å²) in [6.45, 7) is 0.238. The van der Waals surface area contributed by atoms with Crippen LogP contribution in [-0.2, 0) is 14.4 Å². The molecule has 1 aliphatic heterocycles. The second-order valence-corrected chi connectivity index (χ2v) is 6.71. The Hall–Kier alpha value is -2.67. The van der Waals surface area contributed by atoms with E-state index in [0.29, 0.717) is 12.1 Å². The summed E-state index contributed by atoms with van der Waals surface area (Å²) in [6, 6.07) is 16.9. The molecule has 0 radical (unpaired) electrons. The summed E-state index contributed by atoms with van der Waals surface area (Å²) < 4.78 is 0.941. The Bertz CT molecular complexity index is 807. The van der Waals surface area contributed by atoms with Gasteiger partial charge in [0, 0.05) is 29.5 Å². The van der Waals surface area contributed by atoms with Gasteiger partial charge in [0.05, 0.1) is 5.71 Å². The van der Waals surface area contributed by atoms with Crippen molar-refractivity contribution in [3.63, 3.8) is 0 Å². The van der Waals surface area contributed by atoms with Crippen molar-refractivity contribution in [1.82, 2.24) is 5.32 Å². The predicted molar refractivity (Wildman–Crippen MR) is 103 cm³/mol. The molecule has 0 bridgehead atoms. The Morgan fingerprint density at radius 3 is 2.58 bits per heavy atom. The van der Waals surface area contributed by atoms with Crippen molar-refractivity contribution in [3.05, 3.63) is 64.6 Å². The molecule has 1 aliphatic rings. The first-order chi connectivity index (χ1) is 12.6. The number of carbonyl (C=O) groups is 2. The predicted octanol–water partition coefficient (Wildman–Crippen LogP) is 3.09. The number of carbonyl (C=O) groups excluding carboxylic acids is 2. The van der Waals surface area contributed by atoms with E-state index < -0.39 is 6.10 Å². The first-order valence-electron chi connectivity index (χ1n) is 8.23. The van der Waals surface area contributed by atoms with Gasteiger partial charge in [0.25, 0.3) is 5.91 Å². The lowest BCUT2D eigenvalue weighted by atomic mass is 10.0. The molecule has 26 heavy (non-hydrogen) atoms. The number of halogens is 1. The topological polar surface area (TPSA) is 79.8 Å². The third kappa shape index (κ3) is 4.92. The molecule has 134 valence electrons. The summed E-state index contributed by atoms with van der Waals surface area (Å²) in [5.41, 5.74) is 2.40. The van der Waals surface area contributed by atoms with E-state index in [9.17, 15) is 9.59 Å². The fraction of sp³-hybridized carbons (Fsp3) is 0.211. The monoisotopic (exact) mass is 415 g/mol. The van der Waals surface area contributed by atoms with Gasteiger partial charge in [0.15, 0.2) is 0 Å². The van der Waals surface area contributed by atoms with E-state index in [2.05, 4.69) is 31.7 Å². The van der Waals surface area contributed by atoms with Gasteiger partial charge in [-0.15, -0.1) is 0 Å². The van der Waals surface area contributed by atoms with Crippen molar-refractivity contribution >= 4 is 39.1 Å². The van der Waals surface area contributed by atoms with Crippen LogP contribution in [0, 0.1) is 0 Å². The van der Waals surface area contributed by atoms with Crippen molar-refractivity contribution in [2.75, 3.05) is 11.9 Å². The molecule has 1 heterocycles. The zero-order chi connectivity index (χ0) is 18.4. The molecule has 0 aliphatic carbocycles. The highest BCUT2D eigenvalue weighted by molar-refractivity contribution is 9.10. The van der Waals surface area contributed by atoms with Crippen LogP contribution in [0.15, 0.2) is 64.2 Å². The molecule has 0 saturated heterocycles. The van der Waals surface area contributed by atoms with Gasteiger partial charge in [0.2, 0.25) is 12.0 Å². The Balaban J connectivity index is 1.39. The average molecular weight is 416 g/mol. The molecule has 0 fully saturated rings. The molecule has 2 amide bonds. The first kappa shape index (κ1) is 18.1. The van der Waals surface area contributed by atoms with E-state index >= 15 is 0 Å². The molecule has 7 heteroatoms. The fourth-order valence-electron chi connectivity index (χ4n) is 2.49. The zero-order valence-corrected chi connectivity index (χ0v) is 15.5. The van der Waals surface area contributed by atoms with Crippen LogP contribution in [-0.4, -0.2) is 30.2 Å². The molecule has 1 unspecified atom stereocenters. The second kappa shape index (κ2) is 8.62. The van der Waals surface area contributed by atoms with Crippen molar-refractivity contribution in [3.8, 4) is 0 Å².